The molecule has 61 heavy (non-hydrogen) atoms. The second kappa shape index (κ2) is 18.9. The van der Waals surface area contributed by atoms with Gasteiger partial charge < -0.3 is 38.6 Å². The number of unbranched alkanes of at least 4 members (excludes halogenated alkanes) is 2. The van der Waals surface area contributed by atoms with Crippen molar-refractivity contribution in [3.8, 4) is 23.0 Å². The molecule has 3 amide bonds. The van der Waals surface area contributed by atoms with Crippen LogP contribution in [0.2, 0.25) is 0 Å². The number of nitro groups is 1. The number of hydrogen-bond acceptors (Lipinski definition) is 15. The molecule has 4 aliphatic rings. The standard InChI is InChI=1S/C42H46N6O11S2/c1-24-14-27-20-44-30-18-36(34(55-4)16-28(30)39(49)45(27)21-24)57-12-7-6-8-13-58-37-19-32-29(17-35(37)56-5)40(50)46-22-25(2)15-33(46)41(51)47(32)42(52)59-23-26(3)60-61-38-31(48(53)54)10-9-11-43-38/h9-11,16-20,26-27,33,41,51H,1-2,6-8,12-15,21-23H2,3-5H3/t26?,27-,33-,41-/m0/s1. The van der Waals surface area contributed by atoms with Gasteiger partial charge in [-0.2, -0.15) is 0 Å². The van der Waals surface area contributed by atoms with Crippen molar-refractivity contribution in [2.45, 2.75) is 67.6 Å². The minimum atomic E-state index is -1.48. The monoisotopic (exact) mass is 874 g/mol. The molecule has 2 saturated heterocycles. The molecule has 2 fully saturated rings. The Labute approximate surface area is 360 Å². The van der Waals surface area contributed by atoms with Gasteiger partial charge in [0.05, 0.1) is 66.9 Å². The van der Waals surface area contributed by atoms with Gasteiger partial charge in [-0.3, -0.25) is 24.7 Å². The first-order chi connectivity index (χ1) is 29.4. The van der Waals surface area contributed by atoms with Crippen molar-refractivity contribution in [1.29, 1.82) is 0 Å². The van der Waals surface area contributed by atoms with Crippen LogP contribution < -0.4 is 23.8 Å². The highest BCUT2D eigenvalue weighted by atomic mass is 33.1. The molecule has 0 spiro atoms. The van der Waals surface area contributed by atoms with Gasteiger partial charge in [-0.25, -0.2) is 14.7 Å². The average Bonchev–Trinajstić information content (AvgIpc) is 3.79. The highest BCUT2D eigenvalue weighted by Crippen LogP contribution is 2.43. The molecule has 19 heteroatoms. The van der Waals surface area contributed by atoms with Crippen molar-refractivity contribution in [2.24, 2.45) is 4.99 Å². The summed E-state index contributed by atoms with van der Waals surface area (Å²) in [6.07, 6.45) is 3.85. The Morgan fingerprint density at radius 1 is 0.951 bits per heavy atom. The number of carbonyl (C=O) groups is 3. The van der Waals surface area contributed by atoms with Crippen LogP contribution in [0.1, 0.15) is 59.7 Å². The molecule has 1 unspecified atom stereocenters. The Hall–Kier alpha value is -5.79. The topological polar surface area (TPSA) is 196 Å². The highest BCUT2D eigenvalue weighted by Gasteiger charge is 2.46. The van der Waals surface area contributed by atoms with Gasteiger partial charge >= 0.3 is 11.8 Å². The summed E-state index contributed by atoms with van der Waals surface area (Å²) in [5.74, 6) is 0.910. The molecule has 0 aliphatic carbocycles. The largest absolute Gasteiger partial charge is 0.493 e. The molecule has 0 saturated carbocycles. The van der Waals surface area contributed by atoms with E-state index in [1.54, 1.807) is 30.2 Å². The molecule has 1 aromatic heterocycles. The molecule has 0 bridgehead atoms. The summed E-state index contributed by atoms with van der Waals surface area (Å²) in [6.45, 7) is 11.0. The molecule has 7 rings (SSSR count). The highest BCUT2D eigenvalue weighted by molar-refractivity contribution is 8.77. The van der Waals surface area contributed by atoms with Crippen molar-refractivity contribution in [3.63, 3.8) is 0 Å². The van der Waals surface area contributed by atoms with Gasteiger partial charge in [0.2, 0.25) is 0 Å². The summed E-state index contributed by atoms with van der Waals surface area (Å²) in [7, 11) is 5.30. The van der Waals surface area contributed by atoms with Crippen LogP contribution in [-0.2, 0) is 4.74 Å². The lowest BCUT2D eigenvalue weighted by Crippen LogP contribution is -2.51. The second-order valence-electron chi connectivity index (χ2n) is 14.9. The molecular formula is C42H46N6O11S2. The lowest BCUT2D eigenvalue weighted by Gasteiger charge is -2.31. The van der Waals surface area contributed by atoms with Crippen molar-refractivity contribution >= 4 is 62.8 Å². The molecule has 5 heterocycles. The third-order valence-corrected chi connectivity index (χ3v) is 13.3. The number of hydrogen-bond donors (Lipinski definition) is 1. The van der Waals surface area contributed by atoms with E-state index in [0.29, 0.717) is 55.2 Å². The summed E-state index contributed by atoms with van der Waals surface area (Å²) in [4.78, 5) is 65.1. The lowest BCUT2D eigenvalue weighted by molar-refractivity contribution is -0.388. The second-order valence-corrected chi connectivity index (χ2v) is 17.5. The quantitative estimate of drug-likeness (QED) is 0.0508. The van der Waals surface area contributed by atoms with Crippen LogP contribution >= 0.6 is 21.6 Å². The van der Waals surface area contributed by atoms with Crippen LogP contribution in [0, 0.1) is 10.1 Å². The number of pyridine rings is 1. The zero-order chi connectivity index (χ0) is 43.4. The van der Waals surface area contributed by atoms with Crippen LogP contribution in [0.5, 0.6) is 23.0 Å². The predicted octanol–water partition coefficient (Wildman–Crippen LogP) is 7.00. The Kier molecular flexibility index (Phi) is 13.4. The number of methoxy groups -OCH3 is 2. The summed E-state index contributed by atoms with van der Waals surface area (Å²) in [5.41, 5.74) is 2.77. The van der Waals surface area contributed by atoms with Gasteiger partial charge in [-0.1, -0.05) is 35.1 Å². The van der Waals surface area contributed by atoms with E-state index in [-0.39, 0.29) is 76.8 Å². The first kappa shape index (κ1) is 43.3. The molecule has 3 aromatic rings. The third-order valence-electron chi connectivity index (χ3n) is 10.6. The average molecular weight is 875 g/mol. The smallest absolute Gasteiger partial charge is 0.416 e. The summed E-state index contributed by atoms with van der Waals surface area (Å²) < 4.78 is 29.2. The first-order valence-electron chi connectivity index (χ1n) is 19.6. The molecule has 4 atom stereocenters. The number of aliphatic hydroxyl groups is 1. The molecule has 17 nitrogen and oxygen atoms in total. The van der Waals surface area contributed by atoms with E-state index >= 15 is 0 Å². The number of amides is 3. The fourth-order valence-corrected chi connectivity index (χ4v) is 9.56. The van der Waals surface area contributed by atoms with E-state index in [1.165, 1.54) is 60.4 Å². The van der Waals surface area contributed by atoms with Crippen molar-refractivity contribution < 1.29 is 48.1 Å². The van der Waals surface area contributed by atoms with Gasteiger partial charge in [0.15, 0.2) is 34.3 Å². The zero-order valence-corrected chi connectivity index (χ0v) is 35.6. The van der Waals surface area contributed by atoms with Crippen molar-refractivity contribution in [3.05, 3.63) is 88.1 Å². The van der Waals surface area contributed by atoms with Crippen LogP contribution in [-0.4, -0.2) is 120 Å². The SMILES string of the molecule is C=C1C[C@H]2C=Nc3cc(OCCCCCOc4cc5c(cc4OC)C(=O)N4CC(=C)C[C@H]4[C@H](O)N5C(=O)OCC(C)SSc4ncccc4[N+](=O)[O-])c(OC)cc3C(=O)N2C1. The van der Waals surface area contributed by atoms with Gasteiger partial charge in [0.1, 0.15) is 6.61 Å². The Bertz CT molecular complexity index is 2270. The fraction of sp³-hybridized carbons (Fsp3) is 0.405. The molecule has 2 aromatic carbocycles. The van der Waals surface area contributed by atoms with E-state index in [1.807, 2.05) is 0 Å². The van der Waals surface area contributed by atoms with Crippen LogP contribution in [0.25, 0.3) is 0 Å². The number of anilines is 1. The number of aliphatic imine (C=N–C) groups is 1. The Morgan fingerprint density at radius 2 is 1.61 bits per heavy atom. The molecule has 1 N–H and O–H groups in total. The van der Waals surface area contributed by atoms with E-state index < -0.39 is 29.2 Å². The van der Waals surface area contributed by atoms with Gasteiger partial charge in [-0.05, 0) is 68.0 Å². The number of aromatic nitrogens is 1. The Balaban J connectivity index is 0.985. The number of rotatable bonds is 16. The minimum Gasteiger partial charge on any atom is -0.493 e. The summed E-state index contributed by atoms with van der Waals surface area (Å²) in [5, 5.41) is 23.0. The van der Waals surface area contributed by atoms with Gasteiger partial charge in [0.25, 0.3) is 11.8 Å². The van der Waals surface area contributed by atoms with E-state index in [2.05, 4.69) is 23.1 Å². The predicted molar refractivity (Wildman–Crippen MR) is 230 cm³/mol. The number of aliphatic hydroxyl groups excluding tert-OH is 1. The van der Waals surface area contributed by atoms with Crippen LogP contribution in [0.3, 0.4) is 0 Å². The van der Waals surface area contributed by atoms with E-state index in [9.17, 15) is 29.6 Å². The van der Waals surface area contributed by atoms with Crippen molar-refractivity contribution in [2.75, 3.05) is 52.0 Å². The van der Waals surface area contributed by atoms with Gasteiger partial charge in [-0.15, -0.1) is 0 Å². The zero-order valence-electron chi connectivity index (χ0n) is 33.9. The first-order valence-corrected chi connectivity index (χ1v) is 21.9. The maximum Gasteiger partial charge on any atom is 0.416 e. The summed E-state index contributed by atoms with van der Waals surface area (Å²) >= 11 is 0. The number of ether oxygens (including phenoxy) is 5. The molecule has 4 aliphatic heterocycles. The molecular weight excluding hydrogens is 829 g/mol. The van der Waals surface area contributed by atoms with Crippen molar-refractivity contribution in [1.82, 2.24) is 14.8 Å². The lowest BCUT2D eigenvalue weighted by atomic mass is 10.1. The van der Waals surface area contributed by atoms with Gasteiger partial charge in [0, 0.05) is 48.9 Å². The number of benzene rings is 2. The minimum absolute atomic E-state index is 0.0945. The summed E-state index contributed by atoms with van der Waals surface area (Å²) in [6, 6.07) is 8.35. The normalized spacial score (nSPS) is 19.7. The maximum atomic E-state index is 14.0. The number of fused-ring (bicyclic) bond motifs is 4. The fourth-order valence-electron chi connectivity index (χ4n) is 7.53. The van der Waals surface area contributed by atoms with E-state index in [0.717, 1.165) is 33.3 Å². The van der Waals surface area contributed by atoms with E-state index in [4.69, 9.17) is 23.7 Å². The molecule has 322 valence electrons. The third kappa shape index (κ3) is 9.28. The Morgan fingerprint density at radius 3 is 2.31 bits per heavy atom. The van der Waals surface area contributed by atoms with Crippen LogP contribution in [0.4, 0.5) is 21.9 Å². The number of carbonyl (C=O) groups excluding carboxylic acids is 3. The molecule has 0 radical (unpaired) electrons. The van der Waals surface area contributed by atoms with Crippen LogP contribution in [0.15, 0.2) is 76.9 Å². The maximum absolute atomic E-state index is 14.0. The number of nitrogens with zero attached hydrogens (tertiary/aromatic N) is 6.